The monoisotopic (exact) mass is 310 g/mol. The molecular weight excluding hydrogens is 288 g/mol. The summed E-state index contributed by atoms with van der Waals surface area (Å²) in [5.74, 6) is 0.0859. The van der Waals surface area contributed by atoms with Crippen molar-refractivity contribution < 1.29 is 13.2 Å². The first-order chi connectivity index (χ1) is 9.79. The third-order valence-electron chi connectivity index (χ3n) is 4.01. The van der Waals surface area contributed by atoms with Gasteiger partial charge in [0, 0.05) is 31.7 Å². The number of piperazine rings is 1. The molecule has 1 aromatic carbocycles. The van der Waals surface area contributed by atoms with Crippen LogP contribution in [0.25, 0.3) is 0 Å². The zero-order valence-electron chi connectivity index (χ0n) is 12.7. The summed E-state index contributed by atoms with van der Waals surface area (Å²) in [5.41, 5.74) is 1.83. The summed E-state index contributed by atoms with van der Waals surface area (Å²) in [6.07, 6.45) is 1.23. The van der Waals surface area contributed by atoms with E-state index in [9.17, 15) is 13.2 Å². The first kappa shape index (κ1) is 16.1. The Morgan fingerprint density at radius 2 is 1.62 bits per heavy atom. The molecule has 1 saturated heterocycles. The van der Waals surface area contributed by atoms with E-state index in [1.165, 1.54) is 10.6 Å². The van der Waals surface area contributed by atoms with Gasteiger partial charge in [-0.05, 0) is 13.8 Å². The minimum Gasteiger partial charge on any atom is -0.292 e. The number of carbonyl (C=O) groups excluding carboxylic acids is 1. The smallest absolute Gasteiger partial charge is 0.211 e. The number of sulfonamides is 1. The second kappa shape index (κ2) is 6.25. The molecule has 5 nitrogen and oxygen atoms in total. The Labute approximate surface area is 126 Å². The molecule has 1 aliphatic heterocycles. The van der Waals surface area contributed by atoms with E-state index in [4.69, 9.17) is 0 Å². The van der Waals surface area contributed by atoms with E-state index in [0.29, 0.717) is 31.7 Å². The van der Waals surface area contributed by atoms with Gasteiger partial charge in [-0.2, -0.15) is 4.31 Å². The minimum atomic E-state index is -3.13. The highest BCUT2D eigenvalue weighted by Crippen LogP contribution is 2.14. The fourth-order valence-electron chi connectivity index (χ4n) is 2.55. The lowest BCUT2D eigenvalue weighted by atomic mass is 10.0. The second-order valence-electron chi connectivity index (χ2n) is 5.60. The van der Waals surface area contributed by atoms with E-state index in [0.717, 1.165) is 5.56 Å². The van der Waals surface area contributed by atoms with Gasteiger partial charge in [-0.15, -0.1) is 0 Å². The van der Waals surface area contributed by atoms with Gasteiger partial charge in [0.15, 0.2) is 5.78 Å². The molecule has 1 heterocycles. The summed E-state index contributed by atoms with van der Waals surface area (Å²) in [7, 11) is -3.13. The number of carbonyl (C=O) groups is 1. The van der Waals surface area contributed by atoms with Gasteiger partial charge in [0.25, 0.3) is 0 Å². The average Bonchev–Trinajstić information content (AvgIpc) is 2.46. The van der Waals surface area contributed by atoms with E-state index in [1.54, 1.807) is 0 Å². The van der Waals surface area contributed by atoms with Crippen molar-refractivity contribution in [2.24, 2.45) is 0 Å². The normalized spacial score (nSPS) is 19.4. The maximum Gasteiger partial charge on any atom is 0.211 e. The van der Waals surface area contributed by atoms with Crippen LogP contribution < -0.4 is 0 Å². The van der Waals surface area contributed by atoms with Crippen LogP contribution in [0.1, 0.15) is 22.8 Å². The van der Waals surface area contributed by atoms with Crippen LogP contribution in [-0.2, 0) is 10.0 Å². The lowest BCUT2D eigenvalue weighted by Gasteiger charge is -2.36. The van der Waals surface area contributed by atoms with Crippen molar-refractivity contribution in [1.29, 1.82) is 0 Å². The van der Waals surface area contributed by atoms with Crippen LogP contribution >= 0.6 is 0 Å². The van der Waals surface area contributed by atoms with Gasteiger partial charge in [-0.1, -0.05) is 29.8 Å². The highest BCUT2D eigenvalue weighted by Gasteiger charge is 2.29. The molecule has 0 bridgehead atoms. The number of ketones is 1. The van der Waals surface area contributed by atoms with Crippen molar-refractivity contribution in [2.75, 3.05) is 32.4 Å². The van der Waals surface area contributed by atoms with Crippen molar-refractivity contribution in [3.63, 3.8) is 0 Å². The average molecular weight is 310 g/mol. The number of hydrogen-bond donors (Lipinski definition) is 0. The molecule has 1 aliphatic rings. The number of Topliss-reactive ketones (excluding diaryl/α,β-unsaturated/α-hetero) is 1. The Morgan fingerprint density at radius 1 is 1.10 bits per heavy atom. The number of hydrogen-bond acceptors (Lipinski definition) is 4. The summed E-state index contributed by atoms with van der Waals surface area (Å²) >= 11 is 0. The largest absolute Gasteiger partial charge is 0.292 e. The minimum absolute atomic E-state index is 0.0859. The van der Waals surface area contributed by atoms with Crippen LogP contribution in [0.3, 0.4) is 0 Å². The zero-order valence-corrected chi connectivity index (χ0v) is 13.6. The van der Waals surface area contributed by atoms with Gasteiger partial charge < -0.3 is 0 Å². The fourth-order valence-corrected chi connectivity index (χ4v) is 3.37. The van der Waals surface area contributed by atoms with Gasteiger partial charge in [0.2, 0.25) is 10.0 Å². The molecule has 0 saturated carbocycles. The number of benzene rings is 1. The van der Waals surface area contributed by atoms with E-state index in [-0.39, 0.29) is 11.8 Å². The second-order valence-corrected chi connectivity index (χ2v) is 7.59. The molecule has 0 spiro atoms. The molecule has 6 heteroatoms. The van der Waals surface area contributed by atoms with Crippen molar-refractivity contribution in [2.45, 2.75) is 19.9 Å². The molecule has 1 unspecified atom stereocenters. The Kier molecular flexibility index (Phi) is 4.81. The van der Waals surface area contributed by atoms with Gasteiger partial charge in [0.1, 0.15) is 0 Å². The molecule has 1 atom stereocenters. The fraction of sp³-hybridized carbons (Fsp3) is 0.533. The summed E-state index contributed by atoms with van der Waals surface area (Å²) < 4.78 is 24.4. The standard InChI is InChI=1S/C15H22N2O3S/c1-12-4-6-14(7-5-12)15(18)13(2)16-8-10-17(11-9-16)21(3,19)20/h4-7,13H,8-11H2,1-3H3. The van der Waals surface area contributed by atoms with Crippen LogP contribution in [0.15, 0.2) is 24.3 Å². The molecular formula is C15H22N2O3S. The maximum atomic E-state index is 12.5. The number of nitrogens with zero attached hydrogens (tertiary/aromatic N) is 2. The van der Waals surface area contributed by atoms with Gasteiger partial charge >= 0.3 is 0 Å². The van der Waals surface area contributed by atoms with Gasteiger partial charge in [0.05, 0.1) is 12.3 Å². The molecule has 21 heavy (non-hydrogen) atoms. The van der Waals surface area contributed by atoms with E-state index < -0.39 is 10.0 Å². The van der Waals surface area contributed by atoms with E-state index in [2.05, 4.69) is 0 Å². The molecule has 1 fully saturated rings. The highest BCUT2D eigenvalue weighted by molar-refractivity contribution is 7.88. The molecule has 0 aliphatic carbocycles. The SMILES string of the molecule is Cc1ccc(C(=O)C(C)N2CCN(S(C)(=O)=O)CC2)cc1. The molecule has 1 aromatic rings. The molecule has 0 aromatic heterocycles. The third kappa shape index (κ3) is 3.90. The summed E-state index contributed by atoms with van der Waals surface area (Å²) in [6, 6.07) is 7.33. The Bertz CT molecular complexity index is 602. The molecule has 116 valence electrons. The lowest BCUT2D eigenvalue weighted by Crippen LogP contribution is -2.52. The number of rotatable bonds is 4. The van der Waals surface area contributed by atoms with E-state index >= 15 is 0 Å². The molecule has 2 rings (SSSR count). The molecule has 0 radical (unpaired) electrons. The predicted octanol–water partition coefficient (Wildman–Crippen LogP) is 1.14. The summed E-state index contributed by atoms with van der Waals surface area (Å²) in [5, 5.41) is 0. The third-order valence-corrected chi connectivity index (χ3v) is 5.31. The first-order valence-corrected chi connectivity index (χ1v) is 8.94. The Hall–Kier alpha value is -1.24. The van der Waals surface area contributed by atoms with Crippen LogP contribution in [0.2, 0.25) is 0 Å². The topological polar surface area (TPSA) is 57.7 Å². The Balaban J connectivity index is 2.00. The highest BCUT2D eigenvalue weighted by atomic mass is 32.2. The van der Waals surface area contributed by atoms with Crippen molar-refractivity contribution in [1.82, 2.24) is 9.21 Å². The van der Waals surface area contributed by atoms with Crippen molar-refractivity contribution >= 4 is 15.8 Å². The predicted molar refractivity (Wildman–Crippen MR) is 83.0 cm³/mol. The molecule has 0 N–H and O–H groups in total. The summed E-state index contributed by atoms with van der Waals surface area (Å²) in [4.78, 5) is 14.5. The van der Waals surface area contributed by atoms with Crippen LogP contribution in [0.4, 0.5) is 0 Å². The van der Waals surface area contributed by atoms with Crippen molar-refractivity contribution in [3.05, 3.63) is 35.4 Å². The lowest BCUT2D eigenvalue weighted by molar-refractivity contribution is 0.0782. The summed E-state index contributed by atoms with van der Waals surface area (Å²) in [6.45, 7) is 5.95. The van der Waals surface area contributed by atoms with Gasteiger partial charge in [-0.3, -0.25) is 9.69 Å². The van der Waals surface area contributed by atoms with Crippen LogP contribution in [-0.4, -0.2) is 61.9 Å². The first-order valence-electron chi connectivity index (χ1n) is 7.09. The molecule has 0 amide bonds. The zero-order chi connectivity index (χ0) is 15.6. The van der Waals surface area contributed by atoms with E-state index in [1.807, 2.05) is 43.0 Å². The van der Waals surface area contributed by atoms with Crippen molar-refractivity contribution in [3.8, 4) is 0 Å². The Morgan fingerprint density at radius 3 is 2.10 bits per heavy atom. The van der Waals surface area contributed by atoms with Crippen LogP contribution in [0.5, 0.6) is 0 Å². The van der Waals surface area contributed by atoms with Gasteiger partial charge in [-0.25, -0.2) is 8.42 Å². The number of aryl methyl sites for hydroxylation is 1. The van der Waals surface area contributed by atoms with Crippen LogP contribution in [0, 0.1) is 6.92 Å². The quantitative estimate of drug-likeness (QED) is 0.783. The maximum absolute atomic E-state index is 12.5.